The highest BCUT2D eigenvalue weighted by molar-refractivity contribution is 5.92. The smallest absolute Gasteiger partial charge is 0.238 e. The first-order chi connectivity index (χ1) is 9.42. The van der Waals surface area contributed by atoms with Gasteiger partial charge in [0.25, 0.3) is 0 Å². The topological polar surface area (TPSA) is 52.6 Å². The van der Waals surface area contributed by atoms with Gasteiger partial charge in [-0.3, -0.25) is 9.69 Å². The number of halogens is 1. The molecule has 1 aromatic carbocycles. The van der Waals surface area contributed by atoms with Crippen molar-refractivity contribution in [3.05, 3.63) is 30.1 Å². The van der Waals surface area contributed by atoms with Crippen molar-refractivity contribution in [2.75, 3.05) is 18.4 Å². The maximum Gasteiger partial charge on any atom is 0.238 e. The Balaban J connectivity index is 2.55. The van der Waals surface area contributed by atoms with Crippen LogP contribution < -0.4 is 5.32 Å². The largest absolute Gasteiger partial charge is 0.392 e. The fraction of sp³-hybridized carbons (Fsp3) is 0.533. The van der Waals surface area contributed by atoms with Crippen LogP contribution in [-0.4, -0.2) is 41.1 Å². The summed E-state index contributed by atoms with van der Waals surface area (Å²) < 4.78 is 12.8. The normalized spacial score (nSPS) is 12.8. The number of nitrogens with zero attached hydrogens (tertiary/aromatic N) is 1. The molecule has 0 aliphatic heterocycles. The number of benzene rings is 1. The second kappa shape index (κ2) is 7.97. The van der Waals surface area contributed by atoms with E-state index in [0.717, 1.165) is 0 Å². The molecule has 1 atom stereocenters. The van der Waals surface area contributed by atoms with E-state index >= 15 is 0 Å². The minimum atomic E-state index is -0.434. The third kappa shape index (κ3) is 5.67. The van der Waals surface area contributed by atoms with Crippen LogP contribution in [0.15, 0.2) is 24.3 Å². The highest BCUT2D eigenvalue weighted by Gasteiger charge is 2.17. The third-order valence-corrected chi connectivity index (χ3v) is 3.12. The fourth-order valence-corrected chi connectivity index (χ4v) is 1.78. The number of hydrogen-bond donors (Lipinski definition) is 2. The zero-order valence-electron chi connectivity index (χ0n) is 12.3. The Morgan fingerprint density at radius 1 is 1.35 bits per heavy atom. The maximum atomic E-state index is 12.8. The number of amides is 1. The minimum Gasteiger partial charge on any atom is -0.392 e. The van der Waals surface area contributed by atoms with Gasteiger partial charge in [-0.1, -0.05) is 6.92 Å². The molecule has 20 heavy (non-hydrogen) atoms. The Kier molecular flexibility index (Phi) is 6.61. The van der Waals surface area contributed by atoms with E-state index in [9.17, 15) is 14.3 Å². The van der Waals surface area contributed by atoms with E-state index in [1.165, 1.54) is 24.3 Å². The molecule has 1 amide bonds. The van der Waals surface area contributed by atoms with Crippen LogP contribution in [0.4, 0.5) is 10.1 Å². The van der Waals surface area contributed by atoms with Crippen LogP contribution in [0.2, 0.25) is 0 Å². The summed E-state index contributed by atoms with van der Waals surface area (Å²) in [6, 6.07) is 5.81. The first-order valence-corrected chi connectivity index (χ1v) is 6.90. The van der Waals surface area contributed by atoms with Gasteiger partial charge in [-0.05, 0) is 44.5 Å². The van der Waals surface area contributed by atoms with Crippen molar-refractivity contribution < 1.29 is 14.3 Å². The Morgan fingerprint density at radius 3 is 2.45 bits per heavy atom. The number of aliphatic hydroxyl groups is 1. The fourth-order valence-electron chi connectivity index (χ4n) is 1.78. The standard InChI is InChI=1S/C15H23FN2O2/c1-4-14(19)9-18(11(2)3)10-15(20)17-13-7-5-12(16)6-8-13/h5-8,11,14,19H,4,9-10H2,1-3H3,(H,17,20)/t14-/m1/s1. The van der Waals surface area contributed by atoms with E-state index in [1.54, 1.807) is 0 Å². The highest BCUT2D eigenvalue weighted by atomic mass is 19.1. The van der Waals surface area contributed by atoms with Gasteiger partial charge in [0.2, 0.25) is 5.91 Å². The van der Waals surface area contributed by atoms with Crippen LogP contribution in [0.3, 0.4) is 0 Å². The third-order valence-electron chi connectivity index (χ3n) is 3.12. The average molecular weight is 282 g/mol. The van der Waals surface area contributed by atoms with Crippen LogP contribution in [0, 0.1) is 5.82 Å². The Morgan fingerprint density at radius 2 is 1.95 bits per heavy atom. The van der Waals surface area contributed by atoms with Crippen molar-refractivity contribution in [3.63, 3.8) is 0 Å². The van der Waals surface area contributed by atoms with Crippen LogP contribution in [-0.2, 0) is 4.79 Å². The molecule has 1 rings (SSSR count). The summed E-state index contributed by atoms with van der Waals surface area (Å²) in [4.78, 5) is 13.9. The van der Waals surface area contributed by atoms with Gasteiger partial charge in [0.15, 0.2) is 0 Å². The lowest BCUT2D eigenvalue weighted by Gasteiger charge is -2.27. The molecule has 1 aromatic rings. The van der Waals surface area contributed by atoms with Crippen LogP contribution in [0.25, 0.3) is 0 Å². The number of nitrogens with one attached hydrogen (secondary N) is 1. The molecule has 4 nitrogen and oxygen atoms in total. The number of carbonyl (C=O) groups excluding carboxylic acids is 1. The summed E-state index contributed by atoms with van der Waals surface area (Å²) in [6.07, 6.45) is 0.221. The molecule has 0 aliphatic carbocycles. The Bertz CT molecular complexity index is 420. The zero-order chi connectivity index (χ0) is 15.1. The molecule has 0 fully saturated rings. The number of rotatable bonds is 7. The van der Waals surface area contributed by atoms with E-state index in [4.69, 9.17) is 0 Å². The van der Waals surface area contributed by atoms with Gasteiger partial charge in [0.1, 0.15) is 5.82 Å². The summed E-state index contributed by atoms with van der Waals surface area (Å²) in [6.45, 7) is 6.53. The first-order valence-electron chi connectivity index (χ1n) is 6.90. The van der Waals surface area contributed by atoms with Gasteiger partial charge in [-0.15, -0.1) is 0 Å². The molecular formula is C15H23FN2O2. The summed E-state index contributed by atoms with van der Waals surface area (Å²) in [5, 5.41) is 12.4. The Labute approximate surface area is 119 Å². The van der Waals surface area contributed by atoms with Crippen molar-refractivity contribution in [3.8, 4) is 0 Å². The number of anilines is 1. The van der Waals surface area contributed by atoms with Crippen LogP contribution in [0.5, 0.6) is 0 Å². The predicted molar refractivity (Wildman–Crippen MR) is 78.0 cm³/mol. The van der Waals surface area contributed by atoms with E-state index in [2.05, 4.69) is 5.32 Å². The van der Waals surface area contributed by atoms with Crippen molar-refractivity contribution in [1.82, 2.24) is 4.90 Å². The van der Waals surface area contributed by atoms with Gasteiger partial charge in [-0.2, -0.15) is 0 Å². The second-order valence-electron chi connectivity index (χ2n) is 5.14. The summed E-state index contributed by atoms with van der Waals surface area (Å²) >= 11 is 0. The van der Waals surface area contributed by atoms with Crippen molar-refractivity contribution in [2.24, 2.45) is 0 Å². The monoisotopic (exact) mass is 282 g/mol. The van der Waals surface area contributed by atoms with Gasteiger partial charge in [0.05, 0.1) is 12.6 Å². The Hall–Kier alpha value is -1.46. The molecule has 5 heteroatoms. The molecule has 0 aliphatic rings. The van der Waals surface area contributed by atoms with E-state index in [0.29, 0.717) is 18.7 Å². The average Bonchev–Trinajstić information content (AvgIpc) is 2.40. The molecule has 0 saturated heterocycles. The maximum absolute atomic E-state index is 12.8. The number of carbonyl (C=O) groups is 1. The van der Waals surface area contributed by atoms with E-state index in [1.807, 2.05) is 25.7 Å². The molecule has 0 spiro atoms. The van der Waals surface area contributed by atoms with E-state index < -0.39 is 6.10 Å². The van der Waals surface area contributed by atoms with Crippen LogP contribution in [0.1, 0.15) is 27.2 Å². The van der Waals surface area contributed by atoms with E-state index in [-0.39, 0.29) is 24.3 Å². The van der Waals surface area contributed by atoms with Crippen molar-refractivity contribution in [1.29, 1.82) is 0 Å². The van der Waals surface area contributed by atoms with Crippen molar-refractivity contribution in [2.45, 2.75) is 39.3 Å². The molecule has 112 valence electrons. The first kappa shape index (κ1) is 16.6. The van der Waals surface area contributed by atoms with Gasteiger partial charge in [0, 0.05) is 18.3 Å². The zero-order valence-corrected chi connectivity index (χ0v) is 12.3. The number of hydrogen-bond acceptors (Lipinski definition) is 3. The summed E-state index contributed by atoms with van der Waals surface area (Å²) in [7, 11) is 0. The molecule has 0 unspecified atom stereocenters. The molecule has 0 heterocycles. The molecule has 2 N–H and O–H groups in total. The molecule has 0 saturated carbocycles. The summed E-state index contributed by atoms with van der Waals surface area (Å²) in [5.74, 6) is -0.508. The highest BCUT2D eigenvalue weighted by Crippen LogP contribution is 2.09. The quantitative estimate of drug-likeness (QED) is 0.806. The molecule has 0 bridgehead atoms. The lowest BCUT2D eigenvalue weighted by atomic mass is 10.2. The predicted octanol–water partition coefficient (Wildman–Crippen LogP) is 2.25. The minimum absolute atomic E-state index is 0.162. The lowest BCUT2D eigenvalue weighted by molar-refractivity contribution is -0.118. The van der Waals surface area contributed by atoms with Gasteiger partial charge < -0.3 is 10.4 Å². The molecule has 0 aromatic heterocycles. The van der Waals surface area contributed by atoms with Crippen molar-refractivity contribution >= 4 is 11.6 Å². The lowest BCUT2D eigenvalue weighted by Crippen LogP contribution is -2.42. The summed E-state index contributed by atoms with van der Waals surface area (Å²) in [5.41, 5.74) is 0.566. The SMILES string of the molecule is CC[C@@H](O)CN(CC(=O)Nc1ccc(F)cc1)C(C)C. The number of aliphatic hydroxyl groups excluding tert-OH is 1. The molecule has 0 radical (unpaired) electrons. The van der Waals surface area contributed by atoms with Crippen LogP contribution >= 0.6 is 0 Å². The van der Waals surface area contributed by atoms with Gasteiger partial charge in [-0.25, -0.2) is 4.39 Å². The second-order valence-corrected chi connectivity index (χ2v) is 5.14. The molecular weight excluding hydrogens is 259 g/mol. The van der Waals surface area contributed by atoms with Gasteiger partial charge >= 0.3 is 0 Å².